The molecule has 4 rings (SSSR count). The van der Waals surface area contributed by atoms with E-state index in [1.54, 1.807) is 17.3 Å². The average Bonchev–Trinajstić information content (AvgIpc) is 3.27. The summed E-state index contributed by atoms with van der Waals surface area (Å²) >= 11 is 8.98. The van der Waals surface area contributed by atoms with Crippen LogP contribution in [0.5, 0.6) is 0 Å². The number of halogens is 1. The summed E-state index contributed by atoms with van der Waals surface area (Å²) in [6.45, 7) is 2.47. The topological polar surface area (TPSA) is 46.1 Å². The number of fused-ring (bicyclic) bond motifs is 1. The minimum absolute atomic E-state index is 0.00548. The van der Waals surface area contributed by atoms with E-state index < -0.39 is 0 Å². The molecule has 0 fully saturated rings. The van der Waals surface area contributed by atoms with E-state index in [2.05, 4.69) is 4.98 Å². The maximum Gasteiger partial charge on any atom is 0.234 e. The highest BCUT2D eigenvalue weighted by atomic mass is 35.5. The van der Waals surface area contributed by atoms with Crippen molar-refractivity contribution in [1.82, 2.24) is 9.97 Å². The number of anilines is 1. The van der Waals surface area contributed by atoms with Crippen molar-refractivity contribution in [3.8, 4) is 0 Å². The normalized spacial score (nSPS) is 11.0. The molecule has 1 aromatic carbocycles. The second-order valence-corrected chi connectivity index (χ2v) is 8.95. The first-order valence-corrected chi connectivity index (χ1v) is 10.4. The van der Waals surface area contributed by atoms with Crippen LogP contribution in [-0.2, 0) is 17.8 Å². The van der Waals surface area contributed by atoms with Crippen LogP contribution in [0.4, 0.5) is 5.13 Å². The third-order valence-electron chi connectivity index (χ3n) is 4.16. The van der Waals surface area contributed by atoms with Gasteiger partial charge in [-0.15, -0.1) is 11.3 Å². The standard InChI is InChI=1S/C20H16ClN3OS2/c1-13-4-2-6-16-19(13)23-20(27-16)24(12-14-5-3-9-22-11-14)18(25)10-15-7-8-17(21)26-15/h2-9,11H,10,12H2,1H3. The molecular formula is C20H16ClN3OS2. The molecule has 0 aliphatic heterocycles. The van der Waals surface area contributed by atoms with Gasteiger partial charge in [0.2, 0.25) is 5.91 Å². The highest BCUT2D eigenvalue weighted by Crippen LogP contribution is 2.32. The molecule has 0 saturated heterocycles. The Kier molecular flexibility index (Phi) is 5.20. The molecule has 7 heteroatoms. The van der Waals surface area contributed by atoms with Gasteiger partial charge < -0.3 is 0 Å². The van der Waals surface area contributed by atoms with Gasteiger partial charge in [0.1, 0.15) is 0 Å². The molecule has 0 saturated carbocycles. The number of hydrogen-bond donors (Lipinski definition) is 0. The summed E-state index contributed by atoms with van der Waals surface area (Å²) in [4.78, 5) is 24.7. The van der Waals surface area contributed by atoms with Crippen LogP contribution >= 0.6 is 34.3 Å². The molecule has 0 bridgehead atoms. The number of hydrogen-bond acceptors (Lipinski definition) is 5. The number of aryl methyl sites for hydroxylation is 1. The third-order valence-corrected chi connectivity index (χ3v) is 6.43. The molecule has 0 unspecified atom stereocenters. The zero-order valence-electron chi connectivity index (χ0n) is 14.6. The van der Waals surface area contributed by atoms with Crippen molar-refractivity contribution in [3.05, 3.63) is 75.2 Å². The van der Waals surface area contributed by atoms with Crippen molar-refractivity contribution in [2.75, 3.05) is 4.90 Å². The third kappa shape index (κ3) is 4.03. The van der Waals surface area contributed by atoms with Gasteiger partial charge in [-0.25, -0.2) is 4.98 Å². The van der Waals surface area contributed by atoms with E-state index in [-0.39, 0.29) is 5.91 Å². The fourth-order valence-electron chi connectivity index (χ4n) is 2.82. The van der Waals surface area contributed by atoms with Crippen molar-refractivity contribution in [3.63, 3.8) is 0 Å². The second-order valence-electron chi connectivity index (χ2n) is 6.14. The lowest BCUT2D eigenvalue weighted by molar-refractivity contribution is -0.118. The van der Waals surface area contributed by atoms with Crippen molar-refractivity contribution in [1.29, 1.82) is 0 Å². The molecular weight excluding hydrogens is 398 g/mol. The lowest BCUT2D eigenvalue weighted by Crippen LogP contribution is -2.31. The SMILES string of the molecule is Cc1cccc2sc(N(Cc3cccnc3)C(=O)Cc3ccc(Cl)s3)nc12. The van der Waals surface area contributed by atoms with E-state index >= 15 is 0 Å². The zero-order chi connectivity index (χ0) is 18.8. The Morgan fingerprint density at radius 2 is 2.04 bits per heavy atom. The number of thiophene rings is 1. The van der Waals surface area contributed by atoms with Gasteiger partial charge in [0, 0.05) is 17.3 Å². The molecule has 136 valence electrons. The Bertz CT molecular complexity index is 1090. The van der Waals surface area contributed by atoms with Crippen molar-refractivity contribution >= 4 is 55.5 Å². The number of carbonyl (C=O) groups excluding carboxylic acids is 1. The maximum atomic E-state index is 13.1. The van der Waals surface area contributed by atoms with Crippen LogP contribution < -0.4 is 4.90 Å². The maximum absolute atomic E-state index is 13.1. The summed E-state index contributed by atoms with van der Waals surface area (Å²) in [6.07, 6.45) is 3.80. The minimum Gasteiger partial charge on any atom is -0.283 e. The first-order valence-electron chi connectivity index (χ1n) is 8.40. The van der Waals surface area contributed by atoms with E-state index in [4.69, 9.17) is 16.6 Å². The summed E-state index contributed by atoms with van der Waals surface area (Å²) in [5.41, 5.74) is 3.01. The monoisotopic (exact) mass is 413 g/mol. The Balaban J connectivity index is 1.70. The molecule has 0 N–H and O–H groups in total. The van der Waals surface area contributed by atoms with Gasteiger partial charge in [0.25, 0.3) is 0 Å². The van der Waals surface area contributed by atoms with Crippen LogP contribution in [0.3, 0.4) is 0 Å². The fourth-order valence-corrected chi connectivity index (χ4v) is 4.96. The van der Waals surface area contributed by atoms with Crippen LogP contribution in [-0.4, -0.2) is 15.9 Å². The van der Waals surface area contributed by atoms with Gasteiger partial charge in [-0.2, -0.15) is 0 Å². The molecule has 4 aromatic rings. The summed E-state index contributed by atoms with van der Waals surface area (Å²) < 4.78 is 1.76. The Morgan fingerprint density at radius 1 is 1.15 bits per heavy atom. The largest absolute Gasteiger partial charge is 0.283 e. The molecule has 0 aliphatic rings. The zero-order valence-corrected chi connectivity index (χ0v) is 16.9. The highest BCUT2D eigenvalue weighted by Gasteiger charge is 2.21. The van der Waals surface area contributed by atoms with E-state index in [9.17, 15) is 4.79 Å². The van der Waals surface area contributed by atoms with Crippen molar-refractivity contribution in [2.24, 2.45) is 0 Å². The van der Waals surface area contributed by atoms with Crippen LogP contribution in [0, 0.1) is 6.92 Å². The number of aromatic nitrogens is 2. The number of benzene rings is 1. The summed E-state index contributed by atoms with van der Waals surface area (Å²) in [5, 5.41) is 0.704. The van der Waals surface area contributed by atoms with Gasteiger partial charge in [-0.05, 0) is 42.3 Å². The van der Waals surface area contributed by atoms with E-state index in [0.717, 1.165) is 26.2 Å². The van der Waals surface area contributed by atoms with Crippen molar-refractivity contribution < 1.29 is 4.79 Å². The van der Waals surface area contributed by atoms with Gasteiger partial charge in [0.15, 0.2) is 5.13 Å². The van der Waals surface area contributed by atoms with Crippen LogP contribution in [0.15, 0.2) is 54.9 Å². The molecule has 27 heavy (non-hydrogen) atoms. The smallest absolute Gasteiger partial charge is 0.234 e. The van der Waals surface area contributed by atoms with Gasteiger partial charge in [-0.1, -0.05) is 41.1 Å². The summed E-state index contributed by atoms with van der Waals surface area (Å²) in [6, 6.07) is 13.6. The number of carbonyl (C=O) groups is 1. The number of para-hydroxylation sites is 1. The van der Waals surface area contributed by atoms with Gasteiger partial charge in [-0.3, -0.25) is 14.7 Å². The lowest BCUT2D eigenvalue weighted by Gasteiger charge is -2.19. The summed E-state index contributed by atoms with van der Waals surface area (Å²) in [7, 11) is 0. The predicted molar refractivity (Wildman–Crippen MR) is 113 cm³/mol. The molecule has 4 nitrogen and oxygen atoms in total. The number of rotatable bonds is 5. The Labute approximate surface area is 170 Å². The van der Waals surface area contributed by atoms with Crippen LogP contribution in [0.1, 0.15) is 16.0 Å². The van der Waals surface area contributed by atoms with E-state index in [1.807, 2.05) is 49.4 Å². The number of nitrogens with zero attached hydrogens (tertiary/aromatic N) is 3. The molecule has 3 heterocycles. The molecule has 0 spiro atoms. The second kappa shape index (κ2) is 7.76. The first kappa shape index (κ1) is 18.1. The number of amides is 1. The number of thiazole rings is 1. The summed E-state index contributed by atoms with van der Waals surface area (Å²) in [5.74, 6) is -0.00548. The van der Waals surface area contributed by atoms with Gasteiger partial charge in [0.05, 0.1) is 27.5 Å². The average molecular weight is 414 g/mol. The van der Waals surface area contributed by atoms with Crippen molar-refractivity contribution in [2.45, 2.75) is 19.9 Å². The van der Waals surface area contributed by atoms with E-state index in [1.165, 1.54) is 22.7 Å². The van der Waals surface area contributed by atoms with Crippen LogP contribution in [0.2, 0.25) is 4.34 Å². The molecule has 3 aromatic heterocycles. The van der Waals surface area contributed by atoms with E-state index in [0.29, 0.717) is 22.4 Å². The molecule has 0 radical (unpaired) electrons. The number of pyridine rings is 1. The first-order chi connectivity index (χ1) is 13.1. The van der Waals surface area contributed by atoms with Crippen LogP contribution in [0.25, 0.3) is 10.2 Å². The minimum atomic E-state index is -0.00548. The Hall–Kier alpha value is -2.28. The quantitative estimate of drug-likeness (QED) is 0.434. The molecule has 1 amide bonds. The van der Waals surface area contributed by atoms with Gasteiger partial charge >= 0.3 is 0 Å². The fraction of sp³-hybridized carbons (Fsp3) is 0.150. The molecule has 0 aliphatic carbocycles. The lowest BCUT2D eigenvalue weighted by atomic mass is 10.2. The Morgan fingerprint density at radius 3 is 2.74 bits per heavy atom. The highest BCUT2D eigenvalue weighted by molar-refractivity contribution is 7.22. The molecule has 0 atom stereocenters. The predicted octanol–water partition coefficient (Wildman–Crippen LogP) is 5.49.